The first-order chi connectivity index (χ1) is 29.5. The van der Waals surface area contributed by atoms with Crippen LogP contribution in [-0.2, 0) is 48.0 Å². The minimum absolute atomic E-state index is 0.00654. The van der Waals surface area contributed by atoms with Gasteiger partial charge in [-0.05, 0) is 111 Å². The van der Waals surface area contributed by atoms with E-state index >= 15 is 0 Å². The van der Waals surface area contributed by atoms with Crippen LogP contribution in [0.5, 0.6) is 5.75 Å². The molecule has 4 aromatic rings. The summed E-state index contributed by atoms with van der Waals surface area (Å²) in [6.45, 7) is 13.3. The topological polar surface area (TPSA) is 181 Å². The predicted octanol–water partition coefficient (Wildman–Crippen LogP) is 5.67. The Bertz CT molecular complexity index is 2350. The van der Waals surface area contributed by atoms with Crippen LogP contribution < -0.4 is 16.5 Å². The van der Waals surface area contributed by atoms with Crippen molar-refractivity contribution in [2.24, 2.45) is 22.5 Å². The van der Waals surface area contributed by atoms with Crippen molar-refractivity contribution in [2.45, 2.75) is 111 Å². The third-order valence-electron chi connectivity index (χ3n) is 13.0. The number of phenols is 1. The molecule has 1 unspecified atom stereocenters. The van der Waals surface area contributed by atoms with E-state index in [9.17, 15) is 24.3 Å². The van der Waals surface area contributed by atoms with E-state index in [0.717, 1.165) is 44.5 Å². The molecule has 0 spiro atoms. The van der Waals surface area contributed by atoms with Crippen LogP contribution in [-0.4, -0.2) is 100 Å². The fourth-order valence-electron chi connectivity index (χ4n) is 9.41. The highest BCUT2D eigenvalue weighted by atomic mass is 16.5. The number of carbonyl (C=O) groups is 4. The second-order valence-corrected chi connectivity index (χ2v) is 18.6. The summed E-state index contributed by atoms with van der Waals surface area (Å²) in [6.07, 6.45) is 4.40. The second kappa shape index (κ2) is 17.8. The molecule has 1 saturated carbocycles. The third-order valence-corrected chi connectivity index (χ3v) is 13.0. The van der Waals surface area contributed by atoms with Crippen LogP contribution in [0.25, 0.3) is 33.3 Å². The fraction of sp³-hybridized carbons (Fsp3) is 0.521. The number of likely N-dealkylation sites (N-methyl/N-ethyl adjacent to an activating group) is 1. The van der Waals surface area contributed by atoms with Crippen molar-refractivity contribution >= 4 is 34.6 Å². The van der Waals surface area contributed by atoms with Gasteiger partial charge in [-0.15, -0.1) is 0 Å². The number of rotatable bonds is 10. The van der Waals surface area contributed by atoms with E-state index < -0.39 is 46.7 Å². The lowest BCUT2D eigenvalue weighted by Gasteiger charge is -2.37. The number of esters is 1. The number of nitrogens with zero attached hydrogens (tertiary/aromatic N) is 4. The monoisotopic (exact) mass is 849 g/mol. The molecular formula is C48H63N7O7. The number of nitrogens with two attached hydrogens (primary N) is 1. The lowest BCUT2D eigenvalue weighted by Crippen LogP contribution is -2.62. The number of hydrogen-bond acceptors (Lipinski definition) is 10. The molecule has 2 aromatic carbocycles. The molecule has 5 N–H and O–H groups in total. The molecular weight excluding hydrogens is 787 g/mol. The normalized spacial score (nSPS) is 20.9. The van der Waals surface area contributed by atoms with Crippen LogP contribution in [0.1, 0.15) is 90.2 Å². The van der Waals surface area contributed by atoms with Crippen LogP contribution in [0.3, 0.4) is 0 Å². The summed E-state index contributed by atoms with van der Waals surface area (Å²) in [5.41, 5.74) is 15.0. The molecule has 0 radical (unpaired) electrons. The first-order valence-corrected chi connectivity index (χ1v) is 22.0. The summed E-state index contributed by atoms with van der Waals surface area (Å²) in [5, 5.41) is 16.7. The summed E-state index contributed by atoms with van der Waals surface area (Å²) >= 11 is 0. The Hall–Kier alpha value is -5.31. The van der Waals surface area contributed by atoms with Crippen LogP contribution in [0.2, 0.25) is 0 Å². The van der Waals surface area contributed by atoms with E-state index in [-0.39, 0.29) is 43.3 Å². The average Bonchev–Trinajstić information content (AvgIpc) is 4.00. The minimum Gasteiger partial charge on any atom is -0.508 e. The molecule has 6 bridgehead atoms. The SMILES string of the molecule is CCn1c(-c2cccnc2[C@H](C)OC)c2c3cc(ccc31)-c1cc(O)cc(c1)C[C@H](NC(=O)C(C(C)C)N(C)C(=O)C1(CN)CC1)C(=O)N1CCC[C@H](N1)C(=O)OCC(C)(C)C2. The number of methoxy groups -OCH3 is 1. The standard InChI is InChI=1S/C48H63N7O7/c1-9-54-39-15-14-31-24-35(39)36(42(54)34-12-10-18-50-40(34)29(4)61-8)25-47(5,6)27-62-45(59)37-13-11-19-55(52-37)44(58)38(22-30-20-32(31)23-33(56)21-30)51-43(57)41(28(2)3)53(7)46(60)48(26-49)16-17-48/h10,12,14-15,18,20-21,23-24,28-29,37-38,41,52,56H,9,11,13,16-17,19,22,25-27,49H2,1-8H3,(H,51,57)/t29-,37-,38-,41?/m0/s1. The Morgan fingerprint density at radius 1 is 1.11 bits per heavy atom. The van der Waals surface area contributed by atoms with E-state index in [1.807, 2.05) is 39.0 Å². The minimum atomic E-state index is -1.12. The number of fused-ring (bicyclic) bond motifs is 6. The molecule has 7 rings (SSSR count). The lowest BCUT2D eigenvalue weighted by atomic mass is 9.84. The number of carbonyl (C=O) groups excluding carboxylic acids is 4. The molecule has 1 aliphatic carbocycles. The molecule has 332 valence electrons. The van der Waals surface area contributed by atoms with Gasteiger partial charge in [0.05, 0.1) is 29.5 Å². The van der Waals surface area contributed by atoms with Gasteiger partial charge in [-0.3, -0.25) is 29.2 Å². The molecule has 1 saturated heterocycles. The molecule has 2 aliphatic heterocycles. The molecule has 3 aliphatic rings. The van der Waals surface area contributed by atoms with Crippen molar-refractivity contribution in [3.05, 3.63) is 71.5 Å². The van der Waals surface area contributed by atoms with Gasteiger partial charge in [0.2, 0.25) is 11.8 Å². The van der Waals surface area contributed by atoms with E-state index in [0.29, 0.717) is 50.8 Å². The molecule has 62 heavy (non-hydrogen) atoms. The second-order valence-electron chi connectivity index (χ2n) is 18.6. The maximum Gasteiger partial charge on any atom is 0.324 e. The molecule has 3 amide bonds. The maximum absolute atomic E-state index is 14.6. The number of aromatic hydroxyl groups is 1. The number of nitrogens with one attached hydrogen (secondary N) is 2. The molecule has 2 fully saturated rings. The highest BCUT2D eigenvalue weighted by molar-refractivity contribution is 5.96. The zero-order valence-corrected chi connectivity index (χ0v) is 37.4. The molecule has 4 atom stereocenters. The van der Waals surface area contributed by atoms with Gasteiger partial charge < -0.3 is 35.1 Å². The van der Waals surface area contributed by atoms with Gasteiger partial charge in [0.15, 0.2) is 0 Å². The summed E-state index contributed by atoms with van der Waals surface area (Å²) in [7, 11) is 3.30. The quantitative estimate of drug-likeness (QED) is 0.145. The van der Waals surface area contributed by atoms with E-state index in [1.54, 1.807) is 32.5 Å². The number of hydrazine groups is 1. The van der Waals surface area contributed by atoms with Gasteiger partial charge in [-0.25, -0.2) is 5.43 Å². The number of pyridine rings is 1. The first-order valence-electron chi connectivity index (χ1n) is 22.0. The van der Waals surface area contributed by atoms with Crippen molar-refractivity contribution in [3.8, 4) is 28.1 Å². The zero-order chi connectivity index (χ0) is 44.7. The Morgan fingerprint density at radius 2 is 1.87 bits per heavy atom. The van der Waals surface area contributed by atoms with Crippen molar-refractivity contribution in [2.75, 3.05) is 33.9 Å². The number of amides is 3. The number of benzene rings is 2. The number of aryl methyl sites for hydroxylation is 1. The molecule has 2 aromatic heterocycles. The van der Waals surface area contributed by atoms with Crippen LogP contribution >= 0.6 is 0 Å². The third kappa shape index (κ3) is 8.82. The predicted molar refractivity (Wildman–Crippen MR) is 237 cm³/mol. The summed E-state index contributed by atoms with van der Waals surface area (Å²) < 4.78 is 14.2. The van der Waals surface area contributed by atoms with Crippen LogP contribution in [0, 0.1) is 16.7 Å². The molecule has 14 heteroatoms. The Balaban J connectivity index is 1.35. The van der Waals surface area contributed by atoms with Crippen molar-refractivity contribution < 1.29 is 33.8 Å². The maximum atomic E-state index is 14.6. The Morgan fingerprint density at radius 3 is 2.55 bits per heavy atom. The van der Waals surface area contributed by atoms with E-state index in [1.165, 1.54) is 9.91 Å². The van der Waals surface area contributed by atoms with E-state index in [2.05, 4.69) is 54.3 Å². The molecule has 4 heterocycles. The fourth-order valence-corrected chi connectivity index (χ4v) is 9.41. The summed E-state index contributed by atoms with van der Waals surface area (Å²) in [4.78, 5) is 62.7. The average molecular weight is 850 g/mol. The number of ether oxygens (including phenoxy) is 2. The molecule has 14 nitrogen and oxygen atoms in total. The van der Waals surface area contributed by atoms with Gasteiger partial charge in [0.1, 0.15) is 23.9 Å². The Kier molecular flexibility index (Phi) is 12.9. The van der Waals surface area contributed by atoms with Crippen molar-refractivity contribution in [1.29, 1.82) is 0 Å². The van der Waals surface area contributed by atoms with Crippen molar-refractivity contribution in [3.63, 3.8) is 0 Å². The number of cyclic esters (lactones) is 1. The van der Waals surface area contributed by atoms with Crippen LogP contribution in [0.4, 0.5) is 0 Å². The highest BCUT2D eigenvalue weighted by Crippen LogP contribution is 2.47. The zero-order valence-electron chi connectivity index (χ0n) is 37.4. The van der Waals surface area contributed by atoms with E-state index in [4.69, 9.17) is 20.2 Å². The van der Waals surface area contributed by atoms with Crippen molar-refractivity contribution in [1.82, 2.24) is 30.2 Å². The van der Waals surface area contributed by atoms with Gasteiger partial charge in [0.25, 0.3) is 5.91 Å². The Labute approximate surface area is 364 Å². The largest absolute Gasteiger partial charge is 0.508 e. The smallest absolute Gasteiger partial charge is 0.324 e. The van der Waals surface area contributed by atoms with Crippen LogP contribution in [0.15, 0.2) is 54.7 Å². The lowest BCUT2D eigenvalue weighted by molar-refractivity contribution is -0.155. The van der Waals surface area contributed by atoms with Gasteiger partial charge >= 0.3 is 5.97 Å². The van der Waals surface area contributed by atoms with Gasteiger partial charge in [-0.2, -0.15) is 0 Å². The first kappa shape index (κ1) is 44.7. The van der Waals surface area contributed by atoms with Gasteiger partial charge in [0, 0.05) is 68.3 Å². The number of hydrogen-bond donors (Lipinski definition) is 4. The summed E-state index contributed by atoms with van der Waals surface area (Å²) in [5.74, 6) is -1.86. The summed E-state index contributed by atoms with van der Waals surface area (Å²) in [6, 6.07) is 12.7. The van der Waals surface area contributed by atoms with Gasteiger partial charge in [-0.1, -0.05) is 39.8 Å². The number of aromatic nitrogens is 2. The highest BCUT2D eigenvalue weighted by Gasteiger charge is 2.52. The number of phenolic OH excluding ortho intramolecular Hbond substituents is 1.